The first kappa shape index (κ1) is 13.1. The molecule has 1 atom stereocenters. The molecule has 0 aliphatic carbocycles. The van der Waals surface area contributed by atoms with E-state index in [-0.39, 0.29) is 17.9 Å². The van der Waals surface area contributed by atoms with Gasteiger partial charge in [0.15, 0.2) is 5.41 Å². The molecule has 0 spiro atoms. The Bertz CT molecular complexity index is 737. The Labute approximate surface area is 109 Å². The third kappa shape index (κ3) is 1.34. The van der Waals surface area contributed by atoms with Crippen LogP contribution in [0.25, 0.3) is 0 Å². The van der Waals surface area contributed by atoms with Crippen molar-refractivity contribution < 1.29 is 4.79 Å². The van der Waals surface area contributed by atoms with Crippen LogP contribution in [0.15, 0.2) is 9.59 Å². The molecular formula is C12H14N4O3. The lowest BCUT2D eigenvalue weighted by Crippen LogP contribution is -2.41. The van der Waals surface area contributed by atoms with Gasteiger partial charge in [-0.15, -0.1) is 0 Å². The van der Waals surface area contributed by atoms with E-state index in [1.165, 1.54) is 30.5 Å². The van der Waals surface area contributed by atoms with E-state index in [0.717, 1.165) is 4.57 Å². The molecule has 7 heteroatoms. The fourth-order valence-corrected chi connectivity index (χ4v) is 2.52. The molecule has 0 N–H and O–H groups in total. The first-order valence-corrected chi connectivity index (χ1v) is 5.85. The van der Waals surface area contributed by atoms with E-state index in [9.17, 15) is 19.6 Å². The van der Waals surface area contributed by atoms with Gasteiger partial charge in [0.05, 0.1) is 11.8 Å². The van der Waals surface area contributed by atoms with E-state index < -0.39 is 22.6 Å². The van der Waals surface area contributed by atoms with E-state index in [2.05, 4.69) is 0 Å². The number of aromatic nitrogens is 2. The molecule has 0 radical (unpaired) electrons. The van der Waals surface area contributed by atoms with Crippen molar-refractivity contribution in [3.05, 3.63) is 26.5 Å². The Morgan fingerprint density at radius 3 is 2.26 bits per heavy atom. The summed E-state index contributed by atoms with van der Waals surface area (Å²) in [7, 11) is 2.81. The highest BCUT2D eigenvalue weighted by Gasteiger charge is 2.51. The Morgan fingerprint density at radius 2 is 1.79 bits per heavy atom. The van der Waals surface area contributed by atoms with Gasteiger partial charge in [-0.25, -0.2) is 4.79 Å². The van der Waals surface area contributed by atoms with Crippen molar-refractivity contribution in [1.82, 2.24) is 9.13 Å². The zero-order valence-corrected chi connectivity index (χ0v) is 11.2. The quantitative estimate of drug-likeness (QED) is 0.665. The maximum atomic E-state index is 12.3. The van der Waals surface area contributed by atoms with E-state index >= 15 is 0 Å². The highest BCUT2D eigenvalue weighted by molar-refractivity contribution is 6.09. The first-order valence-electron chi connectivity index (χ1n) is 5.85. The molecule has 7 nitrogen and oxygen atoms in total. The van der Waals surface area contributed by atoms with Crippen LogP contribution in [-0.4, -0.2) is 21.6 Å². The topological polar surface area (TPSA) is 88.1 Å². The fraction of sp³-hybridized carbons (Fsp3) is 0.500. The van der Waals surface area contributed by atoms with E-state index in [1.807, 2.05) is 6.07 Å². The average molecular weight is 262 g/mol. The van der Waals surface area contributed by atoms with Gasteiger partial charge in [0.2, 0.25) is 0 Å². The van der Waals surface area contributed by atoms with E-state index in [1.54, 1.807) is 6.92 Å². The molecule has 1 amide bonds. The molecule has 1 aliphatic heterocycles. The summed E-state index contributed by atoms with van der Waals surface area (Å²) in [4.78, 5) is 37.7. The second kappa shape index (κ2) is 3.82. The third-order valence-electron chi connectivity index (χ3n) is 3.60. The average Bonchev–Trinajstić information content (AvgIpc) is 2.63. The number of carbonyl (C=O) groups excluding carboxylic acids is 1. The minimum absolute atomic E-state index is 0.126. The van der Waals surface area contributed by atoms with Crippen LogP contribution in [0.2, 0.25) is 0 Å². The van der Waals surface area contributed by atoms with Crippen LogP contribution < -0.4 is 16.1 Å². The summed E-state index contributed by atoms with van der Waals surface area (Å²) in [5, 5.41) is 9.31. The molecule has 0 aromatic carbocycles. The van der Waals surface area contributed by atoms with Crippen molar-refractivity contribution >= 4 is 11.6 Å². The summed E-state index contributed by atoms with van der Waals surface area (Å²) >= 11 is 0. The van der Waals surface area contributed by atoms with Gasteiger partial charge in [-0.05, 0) is 13.8 Å². The molecule has 0 saturated carbocycles. The SMILES string of the molecule is CCN1C(=O)C(C)(C#N)c2c1c(=O)n(C)c(=O)n2C. The molecule has 2 heterocycles. The standard InChI is InChI=1S/C12H14N4O3/c1-5-16-7-8(12(2,6-13)10(16)18)14(3)11(19)15(4)9(7)17/h5H2,1-4H3. The number of nitriles is 1. The number of nitrogens with zero attached hydrogens (tertiary/aromatic N) is 4. The van der Waals surface area contributed by atoms with Gasteiger partial charge in [0, 0.05) is 20.6 Å². The number of carbonyl (C=O) groups is 1. The second-order valence-electron chi connectivity index (χ2n) is 4.69. The minimum atomic E-state index is -1.49. The number of likely N-dealkylation sites (N-methyl/N-ethyl adjacent to an activating group) is 1. The highest BCUT2D eigenvalue weighted by atomic mass is 16.2. The summed E-state index contributed by atoms with van der Waals surface area (Å²) in [5.74, 6) is -0.467. The van der Waals surface area contributed by atoms with E-state index in [0.29, 0.717) is 0 Å². The zero-order valence-electron chi connectivity index (χ0n) is 11.2. The molecular weight excluding hydrogens is 248 g/mol. The largest absolute Gasteiger partial charge is 0.330 e. The normalized spacial score (nSPS) is 21.4. The van der Waals surface area contributed by atoms with Gasteiger partial charge in [0.25, 0.3) is 11.5 Å². The molecule has 1 unspecified atom stereocenters. The second-order valence-corrected chi connectivity index (χ2v) is 4.69. The van der Waals surface area contributed by atoms with Crippen molar-refractivity contribution in [2.24, 2.45) is 14.1 Å². The molecule has 19 heavy (non-hydrogen) atoms. The minimum Gasteiger partial charge on any atom is -0.305 e. The van der Waals surface area contributed by atoms with Crippen molar-refractivity contribution in [1.29, 1.82) is 5.26 Å². The van der Waals surface area contributed by atoms with Gasteiger partial charge in [0.1, 0.15) is 5.69 Å². The third-order valence-corrected chi connectivity index (χ3v) is 3.60. The molecule has 0 fully saturated rings. The smallest absolute Gasteiger partial charge is 0.305 e. The molecule has 2 rings (SSSR count). The number of rotatable bonds is 1. The number of fused-ring (bicyclic) bond motifs is 1. The van der Waals surface area contributed by atoms with Crippen LogP contribution >= 0.6 is 0 Å². The van der Waals surface area contributed by atoms with Gasteiger partial charge in [-0.3, -0.25) is 18.7 Å². The van der Waals surface area contributed by atoms with E-state index in [4.69, 9.17) is 0 Å². The molecule has 1 aromatic heterocycles. The van der Waals surface area contributed by atoms with Crippen molar-refractivity contribution in [3.8, 4) is 6.07 Å². The van der Waals surface area contributed by atoms with Crippen LogP contribution in [0.1, 0.15) is 19.5 Å². The number of anilines is 1. The fourth-order valence-electron chi connectivity index (χ4n) is 2.52. The van der Waals surface area contributed by atoms with Gasteiger partial charge in [-0.1, -0.05) is 0 Å². The maximum absolute atomic E-state index is 12.3. The van der Waals surface area contributed by atoms with Gasteiger partial charge in [-0.2, -0.15) is 5.26 Å². The van der Waals surface area contributed by atoms with Crippen LogP contribution in [-0.2, 0) is 24.3 Å². The van der Waals surface area contributed by atoms with Crippen LogP contribution in [0.5, 0.6) is 0 Å². The monoisotopic (exact) mass is 262 g/mol. The summed E-state index contributed by atoms with van der Waals surface area (Å²) < 4.78 is 2.14. The lowest BCUT2D eigenvalue weighted by Gasteiger charge is -2.15. The molecule has 1 aliphatic rings. The van der Waals surface area contributed by atoms with Crippen molar-refractivity contribution in [3.63, 3.8) is 0 Å². The molecule has 0 saturated heterocycles. The zero-order chi connectivity index (χ0) is 14.5. The number of hydrogen-bond donors (Lipinski definition) is 0. The Kier molecular flexibility index (Phi) is 2.63. The Morgan fingerprint density at radius 1 is 1.21 bits per heavy atom. The van der Waals surface area contributed by atoms with Crippen molar-refractivity contribution in [2.75, 3.05) is 11.4 Å². The van der Waals surface area contributed by atoms with Gasteiger partial charge >= 0.3 is 5.69 Å². The maximum Gasteiger partial charge on any atom is 0.330 e. The number of amides is 1. The Balaban J connectivity index is 3.05. The van der Waals surface area contributed by atoms with Crippen LogP contribution in [0, 0.1) is 11.3 Å². The van der Waals surface area contributed by atoms with Crippen LogP contribution in [0.4, 0.5) is 5.69 Å². The summed E-state index contributed by atoms with van der Waals surface area (Å²) in [6.07, 6.45) is 0. The lowest BCUT2D eigenvalue weighted by molar-refractivity contribution is -0.121. The van der Waals surface area contributed by atoms with Gasteiger partial charge < -0.3 is 4.90 Å². The predicted molar refractivity (Wildman–Crippen MR) is 67.9 cm³/mol. The predicted octanol–water partition coefficient (Wildman–Crippen LogP) is -0.768. The summed E-state index contributed by atoms with van der Waals surface area (Å²) in [6, 6.07) is 1.93. The lowest BCUT2D eigenvalue weighted by atomic mass is 9.89. The summed E-state index contributed by atoms with van der Waals surface area (Å²) in [5.41, 5.74) is -2.29. The number of hydrogen-bond acceptors (Lipinski definition) is 4. The highest BCUT2D eigenvalue weighted by Crippen LogP contribution is 2.37. The first-order chi connectivity index (χ1) is 8.81. The summed E-state index contributed by atoms with van der Waals surface area (Å²) in [6.45, 7) is 3.43. The van der Waals surface area contributed by atoms with Crippen LogP contribution in [0.3, 0.4) is 0 Å². The molecule has 1 aromatic rings. The Hall–Kier alpha value is -2.36. The molecule has 0 bridgehead atoms. The van der Waals surface area contributed by atoms with Crippen molar-refractivity contribution in [2.45, 2.75) is 19.3 Å². The molecule has 100 valence electrons.